The maximum Gasteiger partial charge on any atom is 0.187 e. The van der Waals surface area contributed by atoms with Crippen molar-refractivity contribution in [2.24, 2.45) is 45.3 Å². The number of rotatable bonds is 13. The predicted octanol–water partition coefficient (Wildman–Crippen LogP) is -2.72. The minimum Gasteiger partial charge on any atom is -0.394 e. The highest BCUT2D eigenvalue weighted by molar-refractivity contribution is 5.27. The minimum atomic E-state index is -1.99. The Morgan fingerprint density at radius 2 is 1.21 bits per heavy atom. The lowest BCUT2D eigenvalue weighted by atomic mass is 9.35. The molecular weight excluding hydrogens is 1110 g/mol. The van der Waals surface area contributed by atoms with Gasteiger partial charge in [-0.05, 0) is 100 Å². The van der Waals surface area contributed by atoms with E-state index in [4.69, 9.17) is 56.8 Å². The maximum atomic E-state index is 12.3. The van der Waals surface area contributed by atoms with Gasteiger partial charge in [-0.15, -0.1) is 0 Å². The molecule has 4 aliphatic carbocycles. The molecule has 11 aliphatic rings. The number of hydrogen-bond donors (Lipinski definition) is 14. The van der Waals surface area contributed by atoms with Crippen molar-refractivity contribution in [3.8, 4) is 0 Å². The minimum absolute atomic E-state index is 0.107. The molecule has 7 heterocycles. The number of aliphatic hydroxyl groups is 14. The molecule has 14 N–H and O–H groups in total. The molecule has 4 saturated carbocycles. The molecule has 7 saturated heterocycles. The van der Waals surface area contributed by atoms with E-state index in [1.165, 1.54) is 0 Å². The standard InChI is InChI=1S/C58H94O26/c1-23(2)15-25-16-56(8,72)47-26-9-10-32-54(6)13-12-33(53(4,5)31(54)11-14-55(32,7)57(26)21-58(47,84-25)76-22-57)80-52-46(40(68)34(62)24(3)77-52)83-49-42(70)39(67)37(65)30(79-49)20-75-51-45(36(64)28(61)19-74-51)82-50-43(71)44(38(66)29(17-59)78-50)81-48-41(69)35(63)27(60)18-73-48/h15,24-52,59-72H,9-14,16-22H2,1-8H3/t24?,25?,26-,27?,28?,29?,30?,31?,32-,33+,34?,35?,36?,37?,38?,39?,40?,41?,42?,43?,44?,45?,46?,47+,48?,49?,50?,51?,52?,54+,55-,56+,57+,58+/m1/s1. The van der Waals surface area contributed by atoms with E-state index >= 15 is 0 Å². The van der Waals surface area contributed by atoms with E-state index in [1.54, 1.807) is 6.92 Å². The Bertz CT molecular complexity index is 2330. The summed E-state index contributed by atoms with van der Waals surface area (Å²) in [6.45, 7) is 15.0. The van der Waals surface area contributed by atoms with E-state index < -0.39 is 191 Å². The predicted molar refractivity (Wildman–Crippen MR) is 283 cm³/mol. The van der Waals surface area contributed by atoms with Crippen LogP contribution in [0, 0.1) is 45.3 Å². The molecule has 2 bridgehead atoms. The molecule has 34 atom stereocenters. The molecule has 0 aromatic rings. The van der Waals surface area contributed by atoms with Crippen molar-refractivity contribution in [3.05, 3.63) is 11.6 Å². The lowest BCUT2D eigenvalue weighted by molar-refractivity contribution is -0.385. The Hall–Kier alpha value is -1.30. The van der Waals surface area contributed by atoms with Gasteiger partial charge in [0.15, 0.2) is 37.2 Å². The van der Waals surface area contributed by atoms with Gasteiger partial charge in [0.25, 0.3) is 0 Å². The van der Waals surface area contributed by atoms with Crippen molar-refractivity contribution in [2.75, 3.05) is 33.0 Å². The topological polar surface area (TPSA) is 394 Å². The molecule has 11 rings (SSSR count). The van der Waals surface area contributed by atoms with Gasteiger partial charge in [-0.3, -0.25) is 0 Å². The van der Waals surface area contributed by atoms with Gasteiger partial charge in [0.1, 0.15) is 104 Å². The molecule has 7 aliphatic heterocycles. The fraction of sp³-hybridized carbons (Fsp3) is 0.966. The first-order chi connectivity index (χ1) is 39.4. The summed E-state index contributed by atoms with van der Waals surface area (Å²) in [6, 6.07) is 0. The van der Waals surface area contributed by atoms with Gasteiger partial charge in [0.2, 0.25) is 0 Å². The molecule has 2 spiro atoms. The van der Waals surface area contributed by atoms with E-state index in [-0.39, 0.29) is 40.1 Å². The second-order valence-electron chi connectivity index (χ2n) is 28.2. The van der Waals surface area contributed by atoms with Crippen molar-refractivity contribution in [2.45, 2.75) is 272 Å². The van der Waals surface area contributed by atoms with Gasteiger partial charge < -0.3 is 128 Å². The molecular formula is C58H94O26. The first kappa shape index (κ1) is 64.2. The SMILES string of the molecule is CC(C)=CC1C[C@](C)(O)[C@@H]2[C@H]3CC[C@@H]4[C@@]5(C)CC[C@H](OC6OC(C)C(O)C(O)C6OC6OC(COC7OCC(O)C(O)C7OC7OC(CO)C(O)C(OC8OCC(O)C(O)C8O)C7O)C(O)C(O)C6O)C(C)(C)C5CC[C@@]4(C)[C@@]34CO[C@@]2(C4)O1. The second kappa shape index (κ2) is 23.4. The molecule has 26 nitrogen and oxygen atoms in total. The molecule has 0 amide bonds. The van der Waals surface area contributed by atoms with Crippen LogP contribution in [0.15, 0.2) is 11.6 Å². The van der Waals surface area contributed by atoms with E-state index in [2.05, 4.69) is 33.8 Å². The Morgan fingerprint density at radius 3 is 1.90 bits per heavy atom. The van der Waals surface area contributed by atoms with Crippen LogP contribution in [-0.4, -0.2) is 269 Å². The molecule has 0 radical (unpaired) electrons. The average Bonchev–Trinajstić information content (AvgIpc) is 1.45. The zero-order valence-corrected chi connectivity index (χ0v) is 49.2. The van der Waals surface area contributed by atoms with Gasteiger partial charge in [-0.25, -0.2) is 0 Å². The summed E-state index contributed by atoms with van der Waals surface area (Å²) in [6.07, 6.45) is -30.7. The number of allylic oxidation sites excluding steroid dienone is 1. The lowest BCUT2D eigenvalue weighted by Crippen LogP contribution is -2.68. The van der Waals surface area contributed by atoms with Crippen molar-refractivity contribution < 1.29 is 128 Å². The summed E-state index contributed by atoms with van der Waals surface area (Å²) in [5, 5.41) is 154. The summed E-state index contributed by atoms with van der Waals surface area (Å²) in [5.74, 6) is -0.230. The number of ether oxygens (including phenoxy) is 12. The zero-order valence-electron chi connectivity index (χ0n) is 49.2. The molecule has 0 aromatic carbocycles. The highest BCUT2D eigenvalue weighted by Gasteiger charge is 2.81. The molecule has 11 fully saturated rings. The van der Waals surface area contributed by atoms with Crippen LogP contribution in [-0.2, 0) is 56.8 Å². The molecule has 26 heteroatoms. The van der Waals surface area contributed by atoms with Crippen molar-refractivity contribution in [1.29, 1.82) is 0 Å². The van der Waals surface area contributed by atoms with Crippen LogP contribution >= 0.6 is 0 Å². The summed E-state index contributed by atoms with van der Waals surface area (Å²) < 4.78 is 73.6. The smallest absolute Gasteiger partial charge is 0.187 e. The summed E-state index contributed by atoms with van der Waals surface area (Å²) in [7, 11) is 0. The molecule has 25 unspecified atom stereocenters. The van der Waals surface area contributed by atoms with E-state index in [1.807, 2.05) is 20.8 Å². The van der Waals surface area contributed by atoms with Crippen molar-refractivity contribution in [3.63, 3.8) is 0 Å². The van der Waals surface area contributed by atoms with Gasteiger partial charge >= 0.3 is 0 Å². The quantitative estimate of drug-likeness (QED) is 0.0658. The Labute approximate surface area is 488 Å². The van der Waals surface area contributed by atoms with Crippen molar-refractivity contribution in [1.82, 2.24) is 0 Å². The third kappa shape index (κ3) is 10.5. The number of hydrogen-bond acceptors (Lipinski definition) is 26. The monoisotopic (exact) mass is 1210 g/mol. The molecule has 482 valence electrons. The van der Waals surface area contributed by atoms with Gasteiger partial charge in [0.05, 0.1) is 56.9 Å². The third-order valence-electron chi connectivity index (χ3n) is 22.5. The highest BCUT2D eigenvalue weighted by Crippen LogP contribution is 2.80. The van der Waals surface area contributed by atoms with Gasteiger partial charge in [0, 0.05) is 24.2 Å². The number of aliphatic hydroxyl groups excluding tert-OH is 13. The van der Waals surface area contributed by atoms with Crippen LogP contribution < -0.4 is 0 Å². The summed E-state index contributed by atoms with van der Waals surface area (Å²) in [4.78, 5) is 0. The Morgan fingerprint density at radius 1 is 0.583 bits per heavy atom. The van der Waals surface area contributed by atoms with Gasteiger partial charge in [-0.1, -0.05) is 39.3 Å². The van der Waals surface area contributed by atoms with Crippen LogP contribution in [0.4, 0.5) is 0 Å². The molecule has 84 heavy (non-hydrogen) atoms. The first-order valence-corrected chi connectivity index (χ1v) is 30.3. The van der Waals surface area contributed by atoms with E-state index in [0.717, 1.165) is 44.1 Å². The molecule has 0 aromatic heterocycles. The largest absolute Gasteiger partial charge is 0.394 e. The normalized spacial score (nSPS) is 57.1. The third-order valence-corrected chi connectivity index (χ3v) is 22.5. The van der Waals surface area contributed by atoms with Gasteiger partial charge in [-0.2, -0.15) is 0 Å². The Balaban J connectivity index is 0.763. The Kier molecular flexibility index (Phi) is 17.9. The number of fused-ring (bicyclic) bond motifs is 4. The zero-order chi connectivity index (χ0) is 60.7. The first-order valence-electron chi connectivity index (χ1n) is 30.3. The average molecular weight is 1210 g/mol. The van der Waals surface area contributed by atoms with E-state index in [9.17, 15) is 71.5 Å². The van der Waals surface area contributed by atoms with E-state index in [0.29, 0.717) is 25.4 Å². The van der Waals surface area contributed by atoms with Crippen LogP contribution in [0.5, 0.6) is 0 Å². The fourth-order valence-corrected chi connectivity index (χ4v) is 18.3. The van der Waals surface area contributed by atoms with Crippen LogP contribution in [0.3, 0.4) is 0 Å². The summed E-state index contributed by atoms with van der Waals surface area (Å²) in [5.41, 5.74) is -0.706. The second-order valence-corrected chi connectivity index (χ2v) is 28.2. The van der Waals surface area contributed by atoms with Crippen molar-refractivity contribution >= 4 is 0 Å². The fourth-order valence-electron chi connectivity index (χ4n) is 18.3. The van der Waals surface area contributed by atoms with Crippen LogP contribution in [0.1, 0.15) is 107 Å². The summed E-state index contributed by atoms with van der Waals surface area (Å²) >= 11 is 0. The van der Waals surface area contributed by atoms with Crippen LogP contribution in [0.2, 0.25) is 0 Å². The lowest BCUT2D eigenvalue weighted by Gasteiger charge is -2.70. The van der Waals surface area contributed by atoms with Crippen LogP contribution in [0.25, 0.3) is 0 Å². The highest BCUT2D eigenvalue weighted by atomic mass is 16.8. The maximum absolute atomic E-state index is 12.3.